The zero-order chi connectivity index (χ0) is 19.7. The van der Waals surface area contributed by atoms with Crippen molar-refractivity contribution < 1.29 is 0 Å². The van der Waals surface area contributed by atoms with E-state index in [2.05, 4.69) is 35.8 Å². The molecule has 0 aliphatic carbocycles. The molecule has 0 aromatic heterocycles. The average molecular weight is 591 g/mol. The maximum absolute atomic E-state index is 2.34. The monoisotopic (exact) mass is 590 g/mol. The Kier molecular flexibility index (Phi) is 9.49. The Morgan fingerprint density at radius 3 is 1.07 bits per heavy atom. The van der Waals surface area contributed by atoms with Gasteiger partial charge in [0.2, 0.25) is 0 Å². The summed E-state index contributed by atoms with van der Waals surface area (Å²) >= 11 is 22.9. The van der Waals surface area contributed by atoms with E-state index in [4.69, 9.17) is 0 Å². The highest BCUT2D eigenvalue weighted by Gasteiger charge is 2.31. The zero-order valence-corrected chi connectivity index (χ0v) is 24.9. The number of hydrogen-bond acceptors (Lipinski definition) is 12. The molecule has 0 saturated carbocycles. The van der Waals surface area contributed by atoms with Crippen LogP contribution >= 0.6 is 141 Å². The first-order chi connectivity index (χ1) is 13.7. The summed E-state index contributed by atoms with van der Waals surface area (Å²) in [6, 6.07) is 0. The predicted molar refractivity (Wildman–Crippen MR) is 159 cm³/mol. The van der Waals surface area contributed by atoms with Crippen LogP contribution in [0.2, 0.25) is 0 Å². The molecule has 4 rings (SSSR count). The summed E-state index contributed by atoms with van der Waals surface area (Å²) in [7, 11) is 0. The lowest BCUT2D eigenvalue weighted by molar-refractivity contribution is 1.96. The van der Waals surface area contributed by atoms with Crippen LogP contribution < -0.4 is 0 Å². The van der Waals surface area contributed by atoms with Crippen LogP contribution in [0.3, 0.4) is 0 Å². The highest BCUT2D eigenvalue weighted by atomic mass is 32.3. The van der Waals surface area contributed by atoms with E-state index in [9.17, 15) is 0 Å². The molecule has 0 aromatic carbocycles. The standard InChI is InChI=1S/C16H14S12/c1-17-9-10(18-2)26-15(25-9)13-21-5-7(23-13)8-6-22-14(24-8)16-27-11(19-3)12(20-4)28-16/h5-6H,1-4H3. The molecular formula is C16H14S12. The van der Waals surface area contributed by atoms with Crippen LogP contribution in [0.4, 0.5) is 0 Å². The number of hydrogen-bond donors (Lipinski definition) is 0. The predicted octanol–water partition coefficient (Wildman–Crippen LogP) is 10.5. The van der Waals surface area contributed by atoms with Crippen molar-refractivity contribution in [2.75, 3.05) is 25.0 Å². The van der Waals surface area contributed by atoms with Crippen molar-refractivity contribution in [3.05, 3.63) is 54.5 Å². The molecule has 0 nitrogen and oxygen atoms in total. The first kappa shape index (κ1) is 23.8. The quantitative estimate of drug-likeness (QED) is 0.299. The third-order valence-electron chi connectivity index (χ3n) is 3.34. The Morgan fingerprint density at radius 1 is 0.464 bits per heavy atom. The average Bonchev–Trinajstić information content (AvgIpc) is 3.50. The minimum Gasteiger partial charge on any atom is -0.121 e. The lowest BCUT2D eigenvalue weighted by Gasteiger charge is -2.05. The second kappa shape index (κ2) is 11.2. The van der Waals surface area contributed by atoms with Crippen LogP contribution in [0, 0.1) is 0 Å². The summed E-state index contributed by atoms with van der Waals surface area (Å²) in [5.41, 5.74) is 0. The van der Waals surface area contributed by atoms with E-state index in [0.29, 0.717) is 0 Å². The van der Waals surface area contributed by atoms with Crippen molar-refractivity contribution in [2.45, 2.75) is 0 Å². The SMILES string of the molecule is CSC1=C(SC)SC(=C2SC=C(C3=CSC(=C4SC(SC)=C(SC)S4)S3)S2)S1. The van der Waals surface area contributed by atoms with E-state index in [-0.39, 0.29) is 0 Å². The van der Waals surface area contributed by atoms with Gasteiger partial charge in [-0.3, -0.25) is 0 Å². The minimum absolute atomic E-state index is 1.40. The first-order valence-electron chi connectivity index (χ1n) is 7.61. The molecule has 12 heteroatoms. The summed E-state index contributed by atoms with van der Waals surface area (Å²) in [5.74, 6) is 0. The van der Waals surface area contributed by atoms with Gasteiger partial charge in [-0.05, 0) is 35.8 Å². The van der Waals surface area contributed by atoms with Crippen LogP contribution in [0.15, 0.2) is 54.5 Å². The van der Waals surface area contributed by atoms with Crippen molar-refractivity contribution in [3.8, 4) is 0 Å². The molecule has 0 aromatic rings. The molecule has 0 atom stereocenters. The second-order valence-electron chi connectivity index (χ2n) is 4.93. The summed E-state index contributed by atoms with van der Waals surface area (Å²) in [6.45, 7) is 0. The molecule has 0 unspecified atom stereocenters. The van der Waals surface area contributed by atoms with E-state index in [1.165, 1.54) is 43.7 Å². The molecular weight excluding hydrogens is 577 g/mol. The Balaban J connectivity index is 1.41. The highest BCUT2D eigenvalue weighted by molar-refractivity contribution is 8.43. The van der Waals surface area contributed by atoms with Crippen LogP contribution in [0.25, 0.3) is 0 Å². The fourth-order valence-electron chi connectivity index (χ4n) is 2.12. The first-order valence-corrected chi connectivity index (χ1v) is 19.2. The van der Waals surface area contributed by atoms with Gasteiger partial charge in [-0.2, -0.15) is 0 Å². The zero-order valence-electron chi connectivity index (χ0n) is 15.1. The summed E-state index contributed by atoms with van der Waals surface area (Å²) in [5, 5.41) is 4.68. The van der Waals surface area contributed by atoms with Crippen molar-refractivity contribution in [3.63, 3.8) is 0 Å². The largest absolute Gasteiger partial charge is 0.121 e. The highest BCUT2D eigenvalue weighted by Crippen LogP contribution is 2.66. The fourth-order valence-corrected chi connectivity index (χ4v) is 17.5. The van der Waals surface area contributed by atoms with Crippen LogP contribution in [0.5, 0.6) is 0 Å². The molecule has 0 spiro atoms. The molecule has 4 aliphatic heterocycles. The van der Waals surface area contributed by atoms with E-state index < -0.39 is 0 Å². The molecule has 4 heterocycles. The normalized spacial score (nSPS) is 23.0. The molecule has 0 saturated heterocycles. The third kappa shape index (κ3) is 5.24. The van der Waals surface area contributed by atoms with Crippen LogP contribution in [-0.4, -0.2) is 25.0 Å². The van der Waals surface area contributed by atoms with E-state index >= 15 is 0 Å². The number of thioether (sulfide) groups is 12. The van der Waals surface area contributed by atoms with Gasteiger partial charge < -0.3 is 0 Å². The Bertz CT molecular complexity index is 764. The van der Waals surface area contributed by atoms with Gasteiger partial charge in [0.15, 0.2) is 0 Å². The van der Waals surface area contributed by atoms with Crippen LogP contribution in [0.1, 0.15) is 0 Å². The fraction of sp³-hybridized carbons (Fsp3) is 0.250. The van der Waals surface area contributed by atoms with E-state index in [1.54, 1.807) is 0 Å². The molecule has 28 heavy (non-hydrogen) atoms. The molecule has 0 N–H and O–H groups in total. The maximum Gasteiger partial charge on any atom is 0.0717 e. The number of rotatable bonds is 5. The van der Waals surface area contributed by atoms with Crippen molar-refractivity contribution in [1.82, 2.24) is 0 Å². The Morgan fingerprint density at radius 2 is 0.786 bits per heavy atom. The van der Waals surface area contributed by atoms with Crippen LogP contribution in [-0.2, 0) is 0 Å². The molecule has 150 valence electrons. The van der Waals surface area contributed by atoms with Gasteiger partial charge in [0.1, 0.15) is 0 Å². The van der Waals surface area contributed by atoms with E-state index in [1.807, 2.05) is 141 Å². The van der Waals surface area contributed by atoms with Crippen molar-refractivity contribution in [1.29, 1.82) is 0 Å². The van der Waals surface area contributed by atoms with Crippen molar-refractivity contribution in [2.24, 2.45) is 0 Å². The molecule has 0 bridgehead atoms. The third-order valence-corrected chi connectivity index (χ3v) is 19.8. The van der Waals surface area contributed by atoms with Gasteiger partial charge in [-0.15, -0.1) is 47.0 Å². The second-order valence-corrected chi connectivity index (χ2v) is 18.2. The topological polar surface area (TPSA) is 0 Å². The lowest BCUT2D eigenvalue weighted by atomic mass is 10.6. The Labute approximate surface area is 218 Å². The van der Waals surface area contributed by atoms with E-state index in [0.717, 1.165) is 0 Å². The molecule has 0 radical (unpaired) electrons. The molecule has 4 aliphatic rings. The Hall–Kier alpha value is 2.64. The summed E-state index contributed by atoms with van der Waals surface area (Å²) in [6.07, 6.45) is 8.71. The minimum atomic E-state index is 1.40. The van der Waals surface area contributed by atoms with Gasteiger partial charge in [-0.1, -0.05) is 94.1 Å². The summed E-state index contributed by atoms with van der Waals surface area (Å²) < 4.78 is 11.6. The lowest BCUT2D eigenvalue weighted by Crippen LogP contribution is -1.74. The van der Waals surface area contributed by atoms with Gasteiger partial charge in [0, 0.05) is 9.81 Å². The molecule has 0 fully saturated rings. The van der Waals surface area contributed by atoms with Crippen molar-refractivity contribution >= 4 is 141 Å². The maximum atomic E-state index is 2.34. The van der Waals surface area contributed by atoms with Gasteiger partial charge in [-0.25, -0.2) is 0 Å². The van der Waals surface area contributed by atoms with Gasteiger partial charge >= 0.3 is 0 Å². The van der Waals surface area contributed by atoms with Gasteiger partial charge in [0.25, 0.3) is 0 Å². The molecule has 0 amide bonds. The smallest absolute Gasteiger partial charge is 0.0717 e. The van der Waals surface area contributed by atoms with Gasteiger partial charge in [0.05, 0.1) is 33.9 Å². The summed E-state index contributed by atoms with van der Waals surface area (Å²) in [4.78, 5) is 2.81.